The normalized spacial score (nSPS) is 16.4. The number of fused-ring (bicyclic) bond motifs is 1. The minimum absolute atomic E-state index is 0.00912. The van der Waals surface area contributed by atoms with Crippen molar-refractivity contribution in [3.63, 3.8) is 0 Å². The molecule has 0 amide bonds. The summed E-state index contributed by atoms with van der Waals surface area (Å²) in [7, 11) is 1.98. The Hall–Kier alpha value is -1.75. The van der Waals surface area contributed by atoms with Gasteiger partial charge in [-0.25, -0.2) is 4.39 Å². The fourth-order valence-electron chi connectivity index (χ4n) is 2.67. The lowest BCUT2D eigenvalue weighted by Crippen LogP contribution is -2.32. The summed E-state index contributed by atoms with van der Waals surface area (Å²) < 4.78 is 20.0. The second-order valence-corrected chi connectivity index (χ2v) is 6.20. The molecule has 110 valence electrons. The van der Waals surface area contributed by atoms with Crippen LogP contribution in [0.25, 0.3) is 0 Å². The maximum absolute atomic E-state index is 13.2. The van der Waals surface area contributed by atoms with E-state index >= 15 is 0 Å². The van der Waals surface area contributed by atoms with Gasteiger partial charge < -0.3 is 15.4 Å². The summed E-state index contributed by atoms with van der Waals surface area (Å²) in [4.78, 5) is 2.06. The fourth-order valence-corrected chi connectivity index (χ4v) is 3.05. The Morgan fingerprint density at radius 1 is 1.33 bits per heavy atom. The molecule has 5 heteroatoms. The molecule has 1 aliphatic rings. The predicted molar refractivity (Wildman–Crippen MR) is 86.3 cm³/mol. The first kappa shape index (κ1) is 14.2. The zero-order valence-electron chi connectivity index (χ0n) is 11.6. The van der Waals surface area contributed by atoms with Crippen LogP contribution in [0.3, 0.4) is 0 Å². The van der Waals surface area contributed by atoms with E-state index in [0.29, 0.717) is 18.7 Å². The van der Waals surface area contributed by atoms with Crippen molar-refractivity contribution in [3.8, 4) is 5.75 Å². The molecule has 3 rings (SSSR count). The molecule has 0 aromatic heterocycles. The summed E-state index contributed by atoms with van der Waals surface area (Å²) in [5, 5.41) is 0. The van der Waals surface area contributed by atoms with Gasteiger partial charge in [0.05, 0.1) is 17.9 Å². The van der Waals surface area contributed by atoms with Crippen LogP contribution in [-0.2, 0) is 6.42 Å². The number of nitrogens with two attached hydrogens (primary N) is 1. The highest BCUT2D eigenvalue weighted by molar-refractivity contribution is 9.10. The summed E-state index contributed by atoms with van der Waals surface area (Å²) in [5.41, 5.74) is 8.64. The second-order valence-electron chi connectivity index (χ2n) is 5.28. The lowest BCUT2D eigenvalue weighted by molar-refractivity contribution is 0.239. The summed E-state index contributed by atoms with van der Waals surface area (Å²) in [5.74, 6) is 0.557. The third kappa shape index (κ3) is 2.97. The molecule has 21 heavy (non-hydrogen) atoms. The summed E-state index contributed by atoms with van der Waals surface area (Å²) in [6.45, 7) is 0.697. The van der Waals surface area contributed by atoms with Crippen molar-refractivity contribution in [2.45, 2.75) is 12.5 Å². The molecule has 1 atom stereocenters. The first-order chi connectivity index (χ1) is 10.0. The Bertz CT molecular complexity index is 677. The van der Waals surface area contributed by atoms with Gasteiger partial charge in [-0.15, -0.1) is 0 Å². The number of hydrogen-bond acceptors (Lipinski definition) is 3. The monoisotopic (exact) mass is 350 g/mol. The van der Waals surface area contributed by atoms with Gasteiger partial charge in [0.2, 0.25) is 0 Å². The molecular formula is C16H16BrFN2O. The smallest absolute Gasteiger partial charge is 0.123 e. The van der Waals surface area contributed by atoms with Gasteiger partial charge in [0.1, 0.15) is 17.7 Å². The SMILES string of the molecule is CN(CC1Cc2cc(F)ccc2O1)c1ccc(Br)cc1N. The van der Waals surface area contributed by atoms with E-state index in [1.165, 1.54) is 6.07 Å². The number of anilines is 2. The molecule has 2 aromatic carbocycles. The summed E-state index contributed by atoms with van der Waals surface area (Å²) in [6.07, 6.45) is 0.725. The van der Waals surface area contributed by atoms with Gasteiger partial charge in [0.25, 0.3) is 0 Å². The molecule has 3 nitrogen and oxygen atoms in total. The molecule has 0 saturated carbocycles. The highest BCUT2D eigenvalue weighted by Gasteiger charge is 2.24. The third-order valence-electron chi connectivity index (χ3n) is 3.64. The Balaban J connectivity index is 1.71. The van der Waals surface area contributed by atoms with Crippen LogP contribution in [0.1, 0.15) is 5.56 Å². The maximum Gasteiger partial charge on any atom is 0.123 e. The number of halogens is 2. The van der Waals surface area contributed by atoms with E-state index < -0.39 is 0 Å². The number of rotatable bonds is 3. The molecule has 0 bridgehead atoms. The van der Waals surface area contributed by atoms with Gasteiger partial charge in [-0.2, -0.15) is 0 Å². The molecule has 1 aliphatic heterocycles. The molecule has 0 spiro atoms. The Labute approximate surface area is 131 Å². The predicted octanol–water partition coefficient (Wildman–Crippen LogP) is 3.61. The van der Waals surface area contributed by atoms with Crippen LogP contribution < -0.4 is 15.4 Å². The van der Waals surface area contributed by atoms with Crippen LogP contribution in [0.2, 0.25) is 0 Å². The van der Waals surface area contributed by atoms with Crippen molar-refractivity contribution in [2.75, 3.05) is 24.2 Å². The number of nitrogens with zero attached hydrogens (tertiary/aromatic N) is 1. The highest BCUT2D eigenvalue weighted by Crippen LogP contribution is 2.31. The highest BCUT2D eigenvalue weighted by atomic mass is 79.9. The Morgan fingerprint density at radius 2 is 2.14 bits per heavy atom. The molecular weight excluding hydrogens is 335 g/mol. The second kappa shape index (κ2) is 5.56. The van der Waals surface area contributed by atoms with E-state index in [1.54, 1.807) is 12.1 Å². The molecule has 0 aliphatic carbocycles. The molecule has 1 heterocycles. The average molecular weight is 351 g/mol. The number of benzene rings is 2. The topological polar surface area (TPSA) is 38.5 Å². The van der Waals surface area contributed by atoms with Gasteiger partial charge in [0, 0.05) is 23.5 Å². The van der Waals surface area contributed by atoms with Crippen LogP contribution in [0.5, 0.6) is 5.75 Å². The number of hydrogen-bond donors (Lipinski definition) is 1. The zero-order valence-corrected chi connectivity index (χ0v) is 13.2. The van der Waals surface area contributed by atoms with Crippen molar-refractivity contribution in [3.05, 3.63) is 52.3 Å². The average Bonchev–Trinajstić information content (AvgIpc) is 2.79. The van der Waals surface area contributed by atoms with Crippen LogP contribution in [-0.4, -0.2) is 19.7 Å². The lowest BCUT2D eigenvalue weighted by atomic mass is 10.1. The zero-order chi connectivity index (χ0) is 15.0. The van der Waals surface area contributed by atoms with Gasteiger partial charge in [-0.3, -0.25) is 0 Å². The third-order valence-corrected chi connectivity index (χ3v) is 4.14. The van der Waals surface area contributed by atoms with E-state index in [-0.39, 0.29) is 11.9 Å². The van der Waals surface area contributed by atoms with Crippen molar-refractivity contribution in [2.24, 2.45) is 0 Å². The van der Waals surface area contributed by atoms with Gasteiger partial charge >= 0.3 is 0 Å². The van der Waals surface area contributed by atoms with Gasteiger partial charge in [0.15, 0.2) is 0 Å². The molecule has 0 saturated heterocycles. The number of nitrogen functional groups attached to an aromatic ring is 1. The maximum atomic E-state index is 13.2. The van der Waals surface area contributed by atoms with Crippen molar-refractivity contribution < 1.29 is 9.13 Å². The number of ether oxygens (including phenoxy) is 1. The fraction of sp³-hybridized carbons (Fsp3) is 0.250. The number of likely N-dealkylation sites (N-methyl/N-ethyl adjacent to an activating group) is 1. The van der Waals surface area contributed by atoms with E-state index in [2.05, 4.69) is 20.8 Å². The molecule has 0 radical (unpaired) electrons. The molecule has 1 unspecified atom stereocenters. The Morgan fingerprint density at radius 3 is 2.90 bits per heavy atom. The van der Waals surface area contributed by atoms with Crippen molar-refractivity contribution in [1.29, 1.82) is 0 Å². The minimum atomic E-state index is -0.219. The van der Waals surface area contributed by atoms with E-state index in [9.17, 15) is 4.39 Å². The first-order valence-electron chi connectivity index (χ1n) is 6.74. The summed E-state index contributed by atoms with van der Waals surface area (Å²) in [6, 6.07) is 10.5. The Kier molecular flexibility index (Phi) is 3.76. The van der Waals surface area contributed by atoms with Crippen molar-refractivity contribution >= 4 is 27.3 Å². The van der Waals surface area contributed by atoms with Crippen LogP contribution in [0.15, 0.2) is 40.9 Å². The van der Waals surface area contributed by atoms with Gasteiger partial charge in [-0.1, -0.05) is 15.9 Å². The van der Waals surface area contributed by atoms with E-state index in [0.717, 1.165) is 21.5 Å². The van der Waals surface area contributed by atoms with Gasteiger partial charge in [-0.05, 0) is 36.4 Å². The standard InChI is InChI=1S/C16H16BrFN2O/c1-20(15-4-2-11(17)8-14(15)19)9-13-7-10-6-12(18)3-5-16(10)21-13/h2-6,8,13H,7,9,19H2,1H3. The van der Waals surface area contributed by atoms with E-state index in [1.807, 2.05) is 25.2 Å². The van der Waals surface area contributed by atoms with Crippen molar-refractivity contribution in [1.82, 2.24) is 0 Å². The largest absolute Gasteiger partial charge is 0.488 e. The minimum Gasteiger partial charge on any atom is -0.488 e. The quantitative estimate of drug-likeness (QED) is 0.859. The van der Waals surface area contributed by atoms with Crippen LogP contribution in [0.4, 0.5) is 15.8 Å². The molecule has 0 fully saturated rings. The first-order valence-corrected chi connectivity index (χ1v) is 7.53. The van der Waals surface area contributed by atoms with Crippen LogP contribution >= 0.6 is 15.9 Å². The van der Waals surface area contributed by atoms with Crippen LogP contribution in [0, 0.1) is 5.82 Å². The van der Waals surface area contributed by atoms with E-state index in [4.69, 9.17) is 10.5 Å². The lowest BCUT2D eigenvalue weighted by Gasteiger charge is -2.24. The molecule has 2 aromatic rings. The molecule has 2 N–H and O–H groups in total. The summed E-state index contributed by atoms with van der Waals surface area (Å²) >= 11 is 3.40.